The SMILES string of the molecule is CSc1nc(NCCS(=O)(=O)NC2CCCC2)n2nc(OC(F)F)cc2n1. The first-order valence-electron chi connectivity index (χ1n) is 8.37. The molecule has 1 fully saturated rings. The molecule has 0 atom stereocenters. The molecule has 0 aliphatic heterocycles. The molecule has 3 rings (SSSR count). The number of anilines is 1. The molecule has 0 bridgehead atoms. The number of nitrogens with zero attached hydrogens (tertiary/aromatic N) is 4. The van der Waals surface area contributed by atoms with Crippen molar-refractivity contribution >= 4 is 33.4 Å². The summed E-state index contributed by atoms with van der Waals surface area (Å²) in [6, 6.07) is 1.26. The number of ether oxygens (including phenoxy) is 1. The van der Waals surface area contributed by atoms with Crippen molar-refractivity contribution in [2.24, 2.45) is 0 Å². The normalized spacial score (nSPS) is 15.7. The quantitative estimate of drug-likeness (QED) is 0.588. The van der Waals surface area contributed by atoms with Crippen molar-refractivity contribution in [3.63, 3.8) is 0 Å². The Hall–Kier alpha value is -1.73. The van der Waals surface area contributed by atoms with Crippen LogP contribution >= 0.6 is 11.8 Å². The van der Waals surface area contributed by atoms with Gasteiger partial charge in [-0.2, -0.15) is 18.3 Å². The van der Waals surface area contributed by atoms with E-state index in [4.69, 9.17) is 0 Å². The molecule has 2 aromatic rings. The van der Waals surface area contributed by atoms with E-state index < -0.39 is 16.6 Å². The summed E-state index contributed by atoms with van der Waals surface area (Å²) in [6.07, 6.45) is 5.54. The minimum absolute atomic E-state index is 0.00372. The summed E-state index contributed by atoms with van der Waals surface area (Å²) in [6.45, 7) is -2.93. The molecule has 2 N–H and O–H groups in total. The minimum atomic E-state index is -3.43. The van der Waals surface area contributed by atoms with Crippen molar-refractivity contribution in [3.05, 3.63) is 6.07 Å². The number of halogens is 2. The van der Waals surface area contributed by atoms with E-state index in [0.717, 1.165) is 25.7 Å². The van der Waals surface area contributed by atoms with Crippen LogP contribution in [0.2, 0.25) is 0 Å². The van der Waals surface area contributed by atoms with Crippen LogP contribution in [0.4, 0.5) is 14.7 Å². The molecular weight excluding hydrogens is 402 g/mol. The lowest BCUT2D eigenvalue weighted by Gasteiger charge is -2.13. The van der Waals surface area contributed by atoms with Gasteiger partial charge in [-0.15, -0.1) is 5.10 Å². The average molecular weight is 422 g/mol. The third kappa shape index (κ3) is 5.39. The lowest BCUT2D eigenvalue weighted by Crippen LogP contribution is -2.36. The van der Waals surface area contributed by atoms with Gasteiger partial charge in [-0.25, -0.2) is 18.1 Å². The van der Waals surface area contributed by atoms with Crippen molar-refractivity contribution in [1.82, 2.24) is 24.3 Å². The molecule has 2 heterocycles. The van der Waals surface area contributed by atoms with E-state index in [1.54, 1.807) is 6.26 Å². The maximum atomic E-state index is 12.4. The van der Waals surface area contributed by atoms with Gasteiger partial charge in [-0.3, -0.25) is 0 Å². The van der Waals surface area contributed by atoms with Crippen LogP contribution in [-0.2, 0) is 10.0 Å². The van der Waals surface area contributed by atoms with E-state index >= 15 is 0 Å². The van der Waals surface area contributed by atoms with Crippen LogP contribution in [0.25, 0.3) is 5.65 Å². The van der Waals surface area contributed by atoms with E-state index in [-0.39, 0.29) is 35.8 Å². The smallest absolute Gasteiger partial charge is 0.388 e. The third-order valence-corrected chi connectivity index (χ3v) is 6.01. The summed E-state index contributed by atoms with van der Waals surface area (Å²) in [4.78, 5) is 8.38. The van der Waals surface area contributed by atoms with E-state index in [0.29, 0.717) is 5.16 Å². The maximum absolute atomic E-state index is 12.4. The standard InChI is InChI=1S/C14H20F2N6O3S2/c1-26-14-18-10-8-11(25-12(15)16)20-22(10)13(19-14)17-6-7-27(23,24)21-9-4-2-3-5-9/h8-9,12,21H,2-7H2,1H3,(H,17,18,19). The Labute approximate surface area is 159 Å². The van der Waals surface area contributed by atoms with Crippen molar-refractivity contribution in [1.29, 1.82) is 0 Å². The number of fused-ring (bicyclic) bond motifs is 1. The molecule has 1 aliphatic rings. The Kier molecular flexibility index (Phi) is 6.32. The predicted octanol–water partition coefficient (Wildman–Crippen LogP) is 1.72. The fraction of sp³-hybridized carbons (Fsp3) is 0.643. The number of aromatic nitrogens is 4. The van der Waals surface area contributed by atoms with Gasteiger partial charge in [0.2, 0.25) is 21.9 Å². The lowest BCUT2D eigenvalue weighted by molar-refractivity contribution is -0.0529. The zero-order chi connectivity index (χ0) is 19.4. The Morgan fingerprint density at radius 1 is 1.37 bits per heavy atom. The molecule has 0 spiro atoms. The second-order valence-corrected chi connectivity index (χ2v) is 8.66. The van der Waals surface area contributed by atoms with Crippen molar-refractivity contribution in [3.8, 4) is 5.88 Å². The van der Waals surface area contributed by atoms with Gasteiger partial charge in [0, 0.05) is 18.7 Å². The van der Waals surface area contributed by atoms with E-state index in [9.17, 15) is 17.2 Å². The van der Waals surface area contributed by atoms with Crippen LogP contribution in [0.3, 0.4) is 0 Å². The van der Waals surface area contributed by atoms with Gasteiger partial charge in [0.05, 0.1) is 5.75 Å². The Bertz CT molecular complexity index is 886. The van der Waals surface area contributed by atoms with E-state index in [1.807, 2.05) is 0 Å². The molecule has 0 saturated heterocycles. The first-order chi connectivity index (χ1) is 12.9. The van der Waals surface area contributed by atoms with Gasteiger partial charge >= 0.3 is 6.61 Å². The molecule has 1 saturated carbocycles. The highest BCUT2D eigenvalue weighted by molar-refractivity contribution is 7.98. The van der Waals surface area contributed by atoms with Crippen LogP contribution in [0.5, 0.6) is 5.88 Å². The summed E-state index contributed by atoms with van der Waals surface area (Å²) < 4.78 is 57.3. The molecule has 13 heteroatoms. The monoisotopic (exact) mass is 422 g/mol. The molecule has 0 aromatic carbocycles. The number of nitrogens with one attached hydrogen (secondary N) is 2. The number of hydrogen-bond donors (Lipinski definition) is 2. The van der Waals surface area contributed by atoms with Crippen molar-refractivity contribution < 1.29 is 21.9 Å². The highest BCUT2D eigenvalue weighted by atomic mass is 32.2. The van der Waals surface area contributed by atoms with Crippen molar-refractivity contribution in [2.45, 2.75) is 43.5 Å². The zero-order valence-corrected chi connectivity index (χ0v) is 16.2. The van der Waals surface area contributed by atoms with Gasteiger partial charge in [0.15, 0.2) is 10.8 Å². The van der Waals surface area contributed by atoms with Crippen LogP contribution in [0.1, 0.15) is 25.7 Å². The van der Waals surface area contributed by atoms with E-state index in [1.165, 1.54) is 22.3 Å². The van der Waals surface area contributed by atoms with Gasteiger partial charge in [-0.1, -0.05) is 24.6 Å². The van der Waals surface area contributed by atoms with Crippen molar-refractivity contribution in [2.75, 3.05) is 23.9 Å². The molecule has 27 heavy (non-hydrogen) atoms. The average Bonchev–Trinajstić information content (AvgIpc) is 3.22. The lowest BCUT2D eigenvalue weighted by atomic mass is 10.3. The first kappa shape index (κ1) is 20.0. The van der Waals surface area contributed by atoms with E-state index in [2.05, 4.69) is 29.8 Å². The largest absolute Gasteiger partial charge is 0.415 e. The second kappa shape index (κ2) is 8.52. The molecule has 9 nitrogen and oxygen atoms in total. The second-order valence-electron chi connectivity index (χ2n) is 6.01. The Morgan fingerprint density at radius 3 is 2.78 bits per heavy atom. The number of hydrogen-bond acceptors (Lipinski definition) is 8. The fourth-order valence-electron chi connectivity index (χ4n) is 2.85. The molecule has 2 aromatic heterocycles. The van der Waals surface area contributed by atoms with Gasteiger partial charge in [0.25, 0.3) is 0 Å². The predicted molar refractivity (Wildman–Crippen MR) is 96.9 cm³/mol. The third-order valence-electron chi connectivity index (χ3n) is 4.03. The Balaban J connectivity index is 1.70. The van der Waals surface area contributed by atoms with Gasteiger partial charge in [0.1, 0.15) is 0 Å². The van der Waals surface area contributed by atoms with Crippen LogP contribution in [0, 0.1) is 0 Å². The number of rotatable bonds is 9. The first-order valence-corrected chi connectivity index (χ1v) is 11.2. The summed E-state index contributed by atoms with van der Waals surface area (Å²) >= 11 is 1.26. The maximum Gasteiger partial charge on any atom is 0.388 e. The summed E-state index contributed by atoms with van der Waals surface area (Å²) in [5.41, 5.74) is 0.263. The van der Waals surface area contributed by atoms with Crippen LogP contribution in [-0.4, -0.2) is 59.2 Å². The van der Waals surface area contributed by atoms with Gasteiger partial charge < -0.3 is 10.1 Å². The molecule has 150 valence electrons. The summed E-state index contributed by atoms with van der Waals surface area (Å²) in [5.74, 6) is -0.244. The molecular formula is C14H20F2N6O3S2. The Morgan fingerprint density at radius 2 is 2.11 bits per heavy atom. The molecule has 0 amide bonds. The summed E-state index contributed by atoms with van der Waals surface area (Å²) in [7, 11) is -3.43. The van der Waals surface area contributed by atoms with Crippen LogP contribution < -0.4 is 14.8 Å². The fourth-order valence-corrected chi connectivity index (χ4v) is 4.45. The topological polar surface area (TPSA) is 111 Å². The minimum Gasteiger partial charge on any atom is -0.415 e. The molecule has 0 unspecified atom stereocenters. The van der Waals surface area contributed by atoms with Crippen LogP contribution in [0.15, 0.2) is 11.2 Å². The molecule has 1 aliphatic carbocycles. The highest BCUT2D eigenvalue weighted by Crippen LogP contribution is 2.20. The summed E-state index contributed by atoms with van der Waals surface area (Å²) in [5, 5.41) is 7.15. The molecule has 0 radical (unpaired) electrons. The highest BCUT2D eigenvalue weighted by Gasteiger charge is 2.21. The van der Waals surface area contributed by atoms with Gasteiger partial charge in [-0.05, 0) is 19.1 Å². The zero-order valence-electron chi connectivity index (χ0n) is 14.6. The number of thioether (sulfide) groups is 1. The number of sulfonamides is 1. The number of alkyl halides is 2.